The van der Waals surface area contributed by atoms with E-state index in [9.17, 15) is 14.0 Å². The summed E-state index contributed by atoms with van der Waals surface area (Å²) in [6, 6.07) is 11.6. The summed E-state index contributed by atoms with van der Waals surface area (Å²) in [6.45, 7) is 3.23. The molecule has 1 saturated heterocycles. The Morgan fingerprint density at radius 3 is 2.45 bits per heavy atom. The molecule has 154 valence electrons. The Hall–Kier alpha value is -2.45. The number of likely N-dealkylation sites (N-methyl/N-ethyl adjacent to an activating group) is 1. The van der Waals surface area contributed by atoms with Crippen molar-refractivity contribution in [3.63, 3.8) is 0 Å². The zero-order valence-electron chi connectivity index (χ0n) is 16.2. The van der Waals surface area contributed by atoms with Gasteiger partial charge in [0.15, 0.2) is 18.2 Å². The summed E-state index contributed by atoms with van der Waals surface area (Å²) in [4.78, 5) is 28.5. The van der Waals surface area contributed by atoms with Gasteiger partial charge >= 0.3 is 0 Å². The lowest BCUT2D eigenvalue weighted by Crippen LogP contribution is -2.47. The van der Waals surface area contributed by atoms with E-state index in [4.69, 9.17) is 4.74 Å². The van der Waals surface area contributed by atoms with Crippen molar-refractivity contribution in [3.05, 3.63) is 63.9 Å². The standard InChI is InChI=1S/C21H23BrFN3O3/c1-25-8-10-26(11-9-25)21(28)16-4-2-15(3-5-16)13-24-20(27)14-29-19-7-6-17(22)12-18(19)23/h2-7,12H,8-11,13-14H2,1H3,(H,24,27). The molecular weight excluding hydrogens is 441 g/mol. The third-order valence-corrected chi connectivity index (χ3v) is 5.23. The molecule has 3 rings (SSSR count). The molecule has 0 aromatic heterocycles. The Balaban J connectivity index is 1.46. The third-order valence-electron chi connectivity index (χ3n) is 4.73. The van der Waals surface area contributed by atoms with Gasteiger partial charge in [-0.15, -0.1) is 0 Å². The summed E-state index contributed by atoms with van der Waals surface area (Å²) in [5, 5.41) is 2.72. The first-order valence-corrected chi connectivity index (χ1v) is 10.1. The molecule has 0 atom stereocenters. The van der Waals surface area contributed by atoms with Crippen LogP contribution in [0.25, 0.3) is 0 Å². The summed E-state index contributed by atoms with van der Waals surface area (Å²) in [7, 11) is 2.05. The number of amides is 2. The quantitative estimate of drug-likeness (QED) is 0.715. The fourth-order valence-corrected chi connectivity index (χ4v) is 3.28. The number of benzene rings is 2. The maximum absolute atomic E-state index is 13.7. The van der Waals surface area contributed by atoms with E-state index in [2.05, 4.69) is 26.1 Å². The minimum atomic E-state index is -0.534. The predicted octanol–water partition coefficient (Wildman–Crippen LogP) is 2.67. The van der Waals surface area contributed by atoms with Crippen LogP contribution in [0.15, 0.2) is 46.9 Å². The molecule has 6 nitrogen and oxygen atoms in total. The van der Waals surface area contributed by atoms with Crippen LogP contribution in [0.1, 0.15) is 15.9 Å². The summed E-state index contributed by atoms with van der Waals surface area (Å²) in [5.74, 6) is -0.841. The molecule has 0 unspecified atom stereocenters. The second-order valence-electron chi connectivity index (χ2n) is 6.93. The molecule has 2 amide bonds. The van der Waals surface area contributed by atoms with Crippen LogP contribution in [0.5, 0.6) is 5.75 Å². The maximum Gasteiger partial charge on any atom is 0.258 e. The molecule has 0 aliphatic carbocycles. The van der Waals surface area contributed by atoms with Gasteiger partial charge in [0.2, 0.25) is 0 Å². The van der Waals surface area contributed by atoms with Gasteiger partial charge in [-0.3, -0.25) is 9.59 Å². The van der Waals surface area contributed by atoms with Crippen LogP contribution in [0.3, 0.4) is 0 Å². The minimum Gasteiger partial charge on any atom is -0.481 e. The van der Waals surface area contributed by atoms with Crippen molar-refractivity contribution in [2.24, 2.45) is 0 Å². The summed E-state index contributed by atoms with van der Waals surface area (Å²) in [5.41, 5.74) is 1.50. The van der Waals surface area contributed by atoms with Gasteiger partial charge < -0.3 is 19.9 Å². The van der Waals surface area contributed by atoms with Crippen molar-refractivity contribution in [2.75, 3.05) is 39.8 Å². The highest BCUT2D eigenvalue weighted by molar-refractivity contribution is 9.10. The number of hydrogen-bond donors (Lipinski definition) is 1. The zero-order chi connectivity index (χ0) is 20.8. The molecule has 2 aromatic carbocycles. The molecule has 0 saturated carbocycles. The fraction of sp³-hybridized carbons (Fsp3) is 0.333. The van der Waals surface area contributed by atoms with Crippen LogP contribution in [0.2, 0.25) is 0 Å². The van der Waals surface area contributed by atoms with Crippen molar-refractivity contribution in [1.82, 2.24) is 15.1 Å². The highest BCUT2D eigenvalue weighted by Crippen LogP contribution is 2.21. The first-order chi connectivity index (χ1) is 13.9. The van der Waals surface area contributed by atoms with Gasteiger partial charge in [0.25, 0.3) is 11.8 Å². The largest absolute Gasteiger partial charge is 0.481 e. The number of nitrogens with one attached hydrogen (secondary N) is 1. The van der Waals surface area contributed by atoms with Crippen LogP contribution in [0, 0.1) is 5.82 Å². The lowest BCUT2D eigenvalue weighted by atomic mass is 10.1. The van der Waals surface area contributed by atoms with E-state index in [0.29, 0.717) is 16.6 Å². The molecule has 0 radical (unpaired) electrons. The van der Waals surface area contributed by atoms with Gasteiger partial charge in [-0.1, -0.05) is 28.1 Å². The van der Waals surface area contributed by atoms with Crippen molar-refractivity contribution in [2.45, 2.75) is 6.54 Å². The first kappa shape index (κ1) is 21.3. The Kier molecular flexibility index (Phi) is 7.22. The highest BCUT2D eigenvalue weighted by atomic mass is 79.9. The Labute approximate surface area is 177 Å². The van der Waals surface area contributed by atoms with Crippen LogP contribution >= 0.6 is 15.9 Å². The van der Waals surface area contributed by atoms with Crippen molar-refractivity contribution in [1.29, 1.82) is 0 Å². The van der Waals surface area contributed by atoms with Gasteiger partial charge in [0.1, 0.15) is 0 Å². The van der Waals surface area contributed by atoms with Gasteiger partial charge in [0, 0.05) is 42.8 Å². The number of carbonyl (C=O) groups excluding carboxylic acids is 2. The smallest absolute Gasteiger partial charge is 0.258 e. The molecule has 1 N–H and O–H groups in total. The van der Waals surface area contributed by atoms with E-state index in [0.717, 1.165) is 31.7 Å². The number of carbonyl (C=O) groups is 2. The molecule has 1 aliphatic heterocycles. The average molecular weight is 464 g/mol. The van der Waals surface area contributed by atoms with E-state index in [1.54, 1.807) is 18.2 Å². The molecule has 1 fully saturated rings. The Morgan fingerprint density at radius 2 is 1.79 bits per heavy atom. The third kappa shape index (κ3) is 6.01. The number of piperazine rings is 1. The number of hydrogen-bond acceptors (Lipinski definition) is 4. The topological polar surface area (TPSA) is 61.9 Å². The molecular formula is C21H23BrFN3O3. The minimum absolute atomic E-state index is 0.0233. The first-order valence-electron chi connectivity index (χ1n) is 9.33. The van der Waals surface area contributed by atoms with Gasteiger partial charge in [-0.25, -0.2) is 4.39 Å². The van der Waals surface area contributed by atoms with Crippen molar-refractivity contribution in [3.8, 4) is 5.75 Å². The highest BCUT2D eigenvalue weighted by Gasteiger charge is 2.20. The summed E-state index contributed by atoms with van der Waals surface area (Å²) in [6.07, 6.45) is 0. The SMILES string of the molecule is CN1CCN(C(=O)c2ccc(CNC(=O)COc3ccc(Br)cc3F)cc2)CC1. The van der Waals surface area contributed by atoms with Crippen LogP contribution in [0.4, 0.5) is 4.39 Å². The predicted molar refractivity (Wildman–Crippen MR) is 111 cm³/mol. The molecule has 0 bridgehead atoms. The second kappa shape index (κ2) is 9.84. The lowest BCUT2D eigenvalue weighted by molar-refractivity contribution is -0.123. The van der Waals surface area contributed by atoms with E-state index in [1.807, 2.05) is 24.1 Å². The van der Waals surface area contributed by atoms with E-state index >= 15 is 0 Å². The van der Waals surface area contributed by atoms with Gasteiger partial charge in [-0.05, 0) is 42.9 Å². The van der Waals surface area contributed by atoms with E-state index < -0.39 is 5.82 Å². The maximum atomic E-state index is 13.7. The lowest BCUT2D eigenvalue weighted by Gasteiger charge is -2.32. The normalized spacial score (nSPS) is 14.5. The Morgan fingerprint density at radius 1 is 1.10 bits per heavy atom. The Bertz CT molecular complexity index is 868. The number of rotatable bonds is 6. The molecule has 0 spiro atoms. The molecule has 2 aromatic rings. The van der Waals surface area contributed by atoms with E-state index in [1.165, 1.54) is 12.1 Å². The zero-order valence-corrected chi connectivity index (χ0v) is 17.7. The molecule has 29 heavy (non-hydrogen) atoms. The van der Waals surface area contributed by atoms with Crippen LogP contribution in [-0.2, 0) is 11.3 Å². The number of halogens is 2. The monoisotopic (exact) mass is 463 g/mol. The summed E-state index contributed by atoms with van der Waals surface area (Å²) >= 11 is 3.17. The summed E-state index contributed by atoms with van der Waals surface area (Å²) < 4.78 is 19.5. The number of nitrogens with zero attached hydrogens (tertiary/aromatic N) is 2. The molecule has 8 heteroatoms. The molecule has 1 aliphatic rings. The average Bonchev–Trinajstić information content (AvgIpc) is 2.72. The van der Waals surface area contributed by atoms with Gasteiger partial charge in [0.05, 0.1) is 0 Å². The van der Waals surface area contributed by atoms with E-state index in [-0.39, 0.29) is 24.2 Å². The van der Waals surface area contributed by atoms with Gasteiger partial charge in [-0.2, -0.15) is 0 Å². The molecule has 1 heterocycles. The van der Waals surface area contributed by atoms with Crippen molar-refractivity contribution < 1.29 is 18.7 Å². The fourth-order valence-electron chi connectivity index (χ4n) is 2.94. The van der Waals surface area contributed by atoms with Crippen LogP contribution in [-0.4, -0.2) is 61.4 Å². The van der Waals surface area contributed by atoms with Crippen molar-refractivity contribution >= 4 is 27.7 Å². The van der Waals surface area contributed by atoms with Crippen LogP contribution < -0.4 is 10.1 Å². The second-order valence-corrected chi connectivity index (χ2v) is 7.85. The number of ether oxygens (including phenoxy) is 1.